The van der Waals surface area contributed by atoms with Crippen molar-refractivity contribution in [3.05, 3.63) is 42.0 Å². The average Bonchev–Trinajstić information content (AvgIpc) is 2.70. The lowest BCUT2D eigenvalue weighted by atomic mass is 9.95. The molecule has 2 aromatic carbocycles. The third kappa shape index (κ3) is 6.48. The third-order valence-electron chi connectivity index (χ3n) is 5.17. The Labute approximate surface area is 189 Å². The first-order valence-electron chi connectivity index (χ1n) is 9.97. The van der Waals surface area contributed by atoms with E-state index in [0.717, 1.165) is 49.6 Å². The quantitative estimate of drug-likeness (QED) is 0.354. The molecular weight excluding hydrogens is 479 g/mol. The zero-order valence-electron chi connectivity index (χ0n) is 17.2. The largest absolute Gasteiger partial charge is 0.497 e. The molecule has 2 aromatic rings. The van der Waals surface area contributed by atoms with Gasteiger partial charge in [0.05, 0.1) is 13.7 Å². The van der Waals surface area contributed by atoms with Crippen LogP contribution in [0.15, 0.2) is 41.4 Å². The van der Waals surface area contributed by atoms with Gasteiger partial charge < -0.3 is 20.7 Å². The maximum atomic E-state index is 11.3. The summed E-state index contributed by atoms with van der Waals surface area (Å²) in [5.74, 6) is 1.86. The van der Waals surface area contributed by atoms with Gasteiger partial charge in [-0.3, -0.25) is 4.79 Å². The molecule has 0 saturated carbocycles. The van der Waals surface area contributed by atoms with Gasteiger partial charge in [0.1, 0.15) is 5.75 Å². The molecule has 0 aliphatic carbocycles. The van der Waals surface area contributed by atoms with Crippen LogP contribution in [0.3, 0.4) is 0 Å². The summed E-state index contributed by atoms with van der Waals surface area (Å²) in [5, 5.41) is 5.73. The summed E-state index contributed by atoms with van der Waals surface area (Å²) in [6.45, 7) is 5.28. The Bertz CT molecular complexity index is 856. The van der Waals surface area contributed by atoms with Crippen molar-refractivity contribution in [2.75, 3.05) is 26.7 Å². The van der Waals surface area contributed by atoms with Gasteiger partial charge in [-0.2, -0.15) is 0 Å². The molecular formula is C22H31IN4O2. The fourth-order valence-corrected chi connectivity index (χ4v) is 3.80. The first kappa shape index (κ1) is 23.3. The second-order valence-corrected chi connectivity index (χ2v) is 7.34. The molecule has 158 valence electrons. The molecule has 0 radical (unpaired) electrons. The van der Waals surface area contributed by atoms with Gasteiger partial charge in [0, 0.05) is 26.1 Å². The monoisotopic (exact) mass is 510 g/mol. The van der Waals surface area contributed by atoms with Gasteiger partial charge in [0.25, 0.3) is 0 Å². The van der Waals surface area contributed by atoms with E-state index in [9.17, 15) is 4.79 Å². The van der Waals surface area contributed by atoms with Crippen LogP contribution in [0.5, 0.6) is 5.75 Å². The number of aliphatic imine (C=N–C) groups is 1. The van der Waals surface area contributed by atoms with Crippen LogP contribution in [-0.2, 0) is 11.3 Å². The third-order valence-corrected chi connectivity index (χ3v) is 5.17. The minimum Gasteiger partial charge on any atom is -0.497 e. The number of carbonyl (C=O) groups is 1. The number of rotatable bonds is 6. The number of ether oxygens (including phenoxy) is 1. The molecule has 7 heteroatoms. The zero-order chi connectivity index (χ0) is 19.9. The summed E-state index contributed by atoms with van der Waals surface area (Å²) in [5.41, 5.74) is 6.56. The number of nitrogens with one attached hydrogen (secondary N) is 1. The first-order chi connectivity index (χ1) is 13.6. The number of carbonyl (C=O) groups excluding carboxylic acids is 1. The number of primary amides is 1. The number of fused-ring (bicyclic) bond motifs is 1. The Morgan fingerprint density at radius 3 is 2.76 bits per heavy atom. The number of likely N-dealkylation sites (tertiary alicyclic amines) is 1. The standard InChI is InChI=1S/C22H30N4O2.HI/c1-3-24-22(26-10-4-5-17(15-26)12-21(23)27)25-14-16-6-7-19-13-20(28-2)9-8-18(19)11-16;/h6-9,11,13,17H,3-5,10,12,14-15H2,1-2H3,(H2,23,27)(H,24,25);1H. The van der Waals surface area contributed by atoms with Gasteiger partial charge in [0.15, 0.2) is 5.96 Å². The van der Waals surface area contributed by atoms with Crippen molar-refractivity contribution in [3.8, 4) is 5.75 Å². The van der Waals surface area contributed by atoms with Crippen molar-refractivity contribution in [1.82, 2.24) is 10.2 Å². The number of piperidine rings is 1. The van der Waals surface area contributed by atoms with Gasteiger partial charge in [-0.05, 0) is 60.2 Å². The fourth-order valence-electron chi connectivity index (χ4n) is 3.80. The van der Waals surface area contributed by atoms with E-state index < -0.39 is 0 Å². The predicted molar refractivity (Wildman–Crippen MR) is 129 cm³/mol. The fraction of sp³-hybridized carbons (Fsp3) is 0.455. The molecule has 1 aliphatic heterocycles. The van der Waals surface area contributed by atoms with Crippen LogP contribution in [0.2, 0.25) is 0 Å². The highest BCUT2D eigenvalue weighted by molar-refractivity contribution is 14.0. The maximum absolute atomic E-state index is 11.3. The molecule has 29 heavy (non-hydrogen) atoms. The number of guanidine groups is 1. The number of halogens is 1. The predicted octanol–water partition coefficient (Wildman–Crippen LogP) is 3.52. The summed E-state index contributed by atoms with van der Waals surface area (Å²) in [7, 11) is 1.68. The molecule has 1 unspecified atom stereocenters. The van der Waals surface area contributed by atoms with Gasteiger partial charge in [-0.1, -0.05) is 18.2 Å². The van der Waals surface area contributed by atoms with Gasteiger partial charge in [-0.15, -0.1) is 24.0 Å². The number of hydrogen-bond donors (Lipinski definition) is 2. The van der Waals surface area contributed by atoms with Crippen LogP contribution in [-0.4, -0.2) is 43.5 Å². The molecule has 0 spiro atoms. The lowest BCUT2D eigenvalue weighted by Crippen LogP contribution is -2.47. The minimum absolute atomic E-state index is 0. The Balaban J connectivity index is 0.00000300. The van der Waals surface area contributed by atoms with E-state index >= 15 is 0 Å². The minimum atomic E-state index is -0.221. The highest BCUT2D eigenvalue weighted by atomic mass is 127. The van der Waals surface area contributed by atoms with Gasteiger partial charge in [0.2, 0.25) is 5.91 Å². The highest BCUT2D eigenvalue weighted by Gasteiger charge is 2.23. The number of nitrogens with zero attached hydrogens (tertiary/aromatic N) is 2. The number of methoxy groups -OCH3 is 1. The van der Waals surface area contributed by atoms with E-state index in [0.29, 0.717) is 18.9 Å². The molecule has 1 amide bonds. The van der Waals surface area contributed by atoms with E-state index in [4.69, 9.17) is 15.5 Å². The Hall–Kier alpha value is -2.03. The summed E-state index contributed by atoms with van der Waals surface area (Å²) in [6.07, 6.45) is 2.55. The van der Waals surface area contributed by atoms with Crippen LogP contribution < -0.4 is 15.8 Å². The summed E-state index contributed by atoms with van der Waals surface area (Å²) in [6, 6.07) is 12.5. The van der Waals surface area contributed by atoms with Crippen molar-refractivity contribution < 1.29 is 9.53 Å². The van der Waals surface area contributed by atoms with Crippen LogP contribution in [0.25, 0.3) is 10.8 Å². The molecule has 0 aromatic heterocycles. The van der Waals surface area contributed by atoms with Crippen LogP contribution >= 0.6 is 24.0 Å². The molecule has 6 nitrogen and oxygen atoms in total. The second-order valence-electron chi connectivity index (χ2n) is 7.34. The normalized spacial score (nSPS) is 17.0. The van der Waals surface area contributed by atoms with E-state index in [-0.39, 0.29) is 29.9 Å². The summed E-state index contributed by atoms with van der Waals surface area (Å²) < 4.78 is 5.29. The lowest BCUT2D eigenvalue weighted by molar-refractivity contribution is -0.119. The second kappa shape index (κ2) is 11.2. The SMILES string of the molecule is CCNC(=NCc1ccc2cc(OC)ccc2c1)N1CCCC(CC(N)=O)C1.I. The first-order valence-corrected chi connectivity index (χ1v) is 9.97. The molecule has 1 saturated heterocycles. The lowest BCUT2D eigenvalue weighted by Gasteiger charge is -2.34. The zero-order valence-corrected chi connectivity index (χ0v) is 19.5. The smallest absolute Gasteiger partial charge is 0.217 e. The van der Waals surface area contributed by atoms with Crippen molar-refractivity contribution in [2.24, 2.45) is 16.6 Å². The summed E-state index contributed by atoms with van der Waals surface area (Å²) >= 11 is 0. The number of nitrogens with two attached hydrogens (primary N) is 1. The van der Waals surface area contributed by atoms with Gasteiger partial charge in [-0.25, -0.2) is 4.99 Å². The highest BCUT2D eigenvalue weighted by Crippen LogP contribution is 2.23. The number of hydrogen-bond acceptors (Lipinski definition) is 3. The van der Waals surface area contributed by atoms with Crippen LogP contribution in [0.4, 0.5) is 0 Å². The van der Waals surface area contributed by atoms with Crippen molar-refractivity contribution in [2.45, 2.75) is 32.7 Å². The van der Waals surface area contributed by atoms with Crippen LogP contribution in [0, 0.1) is 5.92 Å². The topological polar surface area (TPSA) is 80.0 Å². The van der Waals surface area contributed by atoms with E-state index in [1.165, 1.54) is 10.9 Å². The maximum Gasteiger partial charge on any atom is 0.217 e. The number of amides is 1. The molecule has 0 bridgehead atoms. The Kier molecular flexibility index (Phi) is 9.00. The summed E-state index contributed by atoms with van der Waals surface area (Å²) in [4.78, 5) is 18.4. The van der Waals surface area contributed by atoms with Crippen molar-refractivity contribution in [3.63, 3.8) is 0 Å². The Morgan fingerprint density at radius 2 is 2.03 bits per heavy atom. The molecule has 1 heterocycles. The van der Waals surface area contributed by atoms with Crippen molar-refractivity contribution in [1.29, 1.82) is 0 Å². The average molecular weight is 510 g/mol. The number of benzene rings is 2. The molecule has 1 atom stereocenters. The van der Waals surface area contributed by atoms with Crippen molar-refractivity contribution >= 4 is 46.6 Å². The van der Waals surface area contributed by atoms with Gasteiger partial charge >= 0.3 is 0 Å². The molecule has 1 fully saturated rings. The Morgan fingerprint density at radius 1 is 1.28 bits per heavy atom. The van der Waals surface area contributed by atoms with E-state index in [1.54, 1.807) is 7.11 Å². The molecule has 3 rings (SSSR count). The van der Waals surface area contributed by atoms with E-state index in [2.05, 4.69) is 41.4 Å². The molecule has 3 N–H and O–H groups in total. The van der Waals surface area contributed by atoms with E-state index in [1.807, 2.05) is 12.1 Å². The molecule has 1 aliphatic rings. The van der Waals surface area contributed by atoms with Crippen LogP contribution in [0.1, 0.15) is 31.7 Å².